The Morgan fingerprint density at radius 3 is 2.68 bits per heavy atom. The van der Waals surface area contributed by atoms with E-state index >= 15 is 0 Å². The number of nitrogens with zero attached hydrogens (tertiary/aromatic N) is 2. The number of fused-ring (bicyclic) bond motifs is 1. The van der Waals surface area contributed by atoms with Crippen LogP contribution in [0.2, 0.25) is 0 Å². The van der Waals surface area contributed by atoms with Gasteiger partial charge < -0.3 is 5.73 Å². The molecule has 0 aromatic carbocycles. The summed E-state index contributed by atoms with van der Waals surface area (Å²) >= 11 is 0. The molecular formula is C16H31N3. The van der Waals surface area contributed by atoms with Gasteiger partial charge in [0, 0.05) is 31.2 Å². The molecule has 0 spiro atoms. The standard InChI is InChI=1S/C16H31N3/c1-13-11-18-9-5-7-15(18)12-19(13)16-8-4-2-3-6-14(16)10-17/h13-16H,2-12,17H2,1H3. The third-order valence-corrected chi connectivity index (χ3v) is 5.83. The van der Waals surface area contributed by atoms with Gasteiger partial charge in [0.05, 0.1) is 0 Å². The van der Waals surface area contributed by atoms with Crippen molar-refractivity contribution >= 4 is 0 Å². The Bertz CT molecular complexity index is 294. The summed E-state index contributed by atoms with van der Waals surface area (Å²) in [4.78, 5) is 5.57. The fourth-order valence-electron chi connectivity index (χ4n) is 4.75. The monoisotopic (exact) mass is 265 g/mol. The summed E-state index contributed by atoms with van der Waals surface area (Å²) < 4.78 is 0. The molecule has 0 bridgehead atoms. The molecule has 4 atom stereocenters. The highest BCUT2D eigenvalue weighted by Gasteiger charge is 2.39. The van der Waals surface area contributed by atoms with Gasteiger partial charge in [0.25, 0.3) is 0 Å². The third-order valence-electron chi connectivity index (χ3n) is 5.83. The second kappa shape index (κ2) is 6.11. The summed E-state index contributed by atoms with van der Waals surface area (Å²) in [6.07, 6.45) is 9.82. The Kier molecular flexibility index (Phi) is 4.45. The van der Waals surface area contributed by atoms with Crippen LogP contribution in [0.25, 0.3) is 0 Å². The van der Waals surface area contributed by atoms with Crippen molar-refractivity contribution in [3.8, 4) is 0 Å². The van der Waals surface area contributed by atoms with Crippen LogP contribution in [0.1, 0.15) is 51.9 Å². The highest BCUT2D eigenvalue weighted by molar-refractivity contribution is 4.95. The van der Waals surface area contributed by atoms with E-state index in [9.17, 15) is 0 Å². The molecule has 3 nitrogen and oxygen atoms in total. The second-order valence-electron chi connectivity index (χ2n) is 7.04. The topological polar surface area (TPSA) is 32.5 Å². The molecule has 2 aliphatic heterocycles. The van der Waals surface area contributed by atoms with Crippen molar-refractivity contribution in [3.63, 3.8) is 0 Å². The zero-order valence-corrected chi connectivity index (χ0v) is 12.6. The van der Waals surface area contributed by atoms with Gasteiger partial charge in [-0.3, -0.25) is 9.80 Å². The number of piperazine rings is 1. The van der Waals surface area contributed by atoms with Gasteiger partial charge in [-0.05, 0) is 51.6 Å². The van der Waals surface area contributed by atoms with Crippen LogP contribution in [0.4, 0.5) is 0 Å². The van der Waals surface area contributed by atoms with Gasteiger partial charge in [-0.2, -0.15) is 0 Å². The van der Waals surface area contributed by atoms with E-state index in [1.807, 2.05) is 0 Å². The molecule has 0 aromatic rings. The van der Waals surface area contributed by atoms with Gasteiger partial charge >= 0.3 is 0 Å². The van der Waals surface area contributed by atoms with E-state index in [-0.39, 0.29) is 0 Å². The van der Waals surface area contributed by atoms with Crippen molar-refractivity contribution in [2.75, 3.05) is 26.2 Å². The summed E-state index contributed by atoms with van der Waals surface area (Å²) in [6.45, 7) is 7.27. The fraction of sp³-hybridized carbons (Fsp3) is 1.00. The molecule has 2 N–H and O–H groups in total. The fourth-order valence-corrected chi connectivity index (χ4v) is 4.75. The molecule has 110 valence electrons. The highest BCUT2D eigenvalue weighted by Crippen LogP contribution is 2.32. The normalized spacial score (nSPS) is 42.0. The van der Waals surface area contributed by atoms with Crippen LogP contribution in [-0.2, 0) is 0 Å². The molecule has 3 aliphatic rings. The minimum absolute atomic E-state index is 0.728. The zero-order chi connectivity index (χ0) is 13.2. The van der Waals surface area contributed by atoms with Gasteiger partial charge in [0.15, 0.2) is 0 Å². The van der Waals surface area contributed by atoms with E-state index in [1.165, 1.54) is 64.6 Å². The Labute approximate surface area is 118 Å². The van der Waals surface area contributed by atoms with Gasteiger partial charge in [-0.25, -0.2) is 0 Å². The third kappa shape index (κ3) is 2.84. The lowest BCUT2D eigenvalue weighted by atomic mass is 9.91. The van der Waals surface area contributed by atoms with Crippen molar-refractivity contribution in [2.45, 2.75) is 70.0 Å². The van der Waals surface area contributed by atoms with E-state index < -0.39 is 0 Å². The van der Waals surface area contributed by atoms with Gasteiger partial charge in [-0.1, -0.05) is 19.3 Å². The molecular weight excluding hydrogens is 234 g/mol. The number of rotatable bonds is 2. The van der Waals surface area contributed by atoms with E-state index in [0.29, 0.717) is 0 Å². The first kappa shape index (κ1) is 13.8. The maximum atomic E-state index is 6.08. The molecule has 19 heavy (non-hydrogen) atoms. The SMILES string of the molecule is CC1CN2CCCC2CN1C1CCCCCC1CN. The first-order valence-electron chi connectivity index (χ1n) is 8.49. The van der Waals surface area contributed by atoms with Crippen LogP contribution in [-0.4, -0.2) is 54.1 Å². The zero-order valence-electron chi connectivity index (χ0n) is 12.6. The second-order valence-corrected chi connectivity index (χ2v) is 7.04. The van der Waals surface area contributed by atoms with Crippen LogP contribution in [0.15, 0.2) is 0 Å². The Morgan fingerprint density at radius 1 is 1.00 bits per heavy atom. The molecule has 1 aliphatic carbocycles. The summed E-state index contributed by atoms with van der Waals surface area (Å²) in [5.74, 6) is 0.748. The maximum Gasteiger partial charge on any atom is 0.0224 e. The summed E-state index contributed by atoms with van der Waals surface area (Å²) in [5.41, 5.74) is 6.08. The lowest BCUT2D eigenvalue weighted by molar-refractivity contribution is 0.00684. The maximum absolute atomic E-state index is 6.08. The Balaban J connectivity index is 1.71. The smallest absolute Gasteiger partial charge is 0.0224 e. The molecule has 0 radical (unpaired) electrons. The number of hydrogen-bond donors (Lipinski definition) is 1. The average molecular weight is 265 g/mol. The van der Waals surface area contributed by atoms with E-state index in [0.717, 1.165) is 30.6 Å². The highest BCUT2D eigenvalue weighted by atomic mass is 15.3. The van der Waals surface area contributed by atoms with Crippen LogP contribution in [0.3, 0.4) is 0 Å². The predicted molar refractivity (Wildman–Crippen MR) is 80.2 cm³/mol. The number of nitrogens with two attached hydrogens (primary N) is 1. The predicted octanol–water partition coefficient (Wildman–Crippen LogP) is 2.06. The number of hydrogen-bond acceptors (Lipinski definition) is 3. The van der Waals surface area contributed by atoms with Crippen molar-refractivity contribution in [1.29, 1.82) is 0 Å². The minimum Gasteiger partial charge on any atom is -0.330 e. The molecule has 2 saturated heterocycles. The lowest BCUT2D eigenvalue weighted by Crippen LogP contribution is -2.59. The molecule has 0 amide bonds. The van der Waals surface area contributed by atoms with E-state index in [2.05, 4.69) is 16.7 Å². The largest absolute Gasteiger partial charge is 0.330 e. The molecule has 2 heterocycles. The summed E-state index contributed by atoms with van der Waals surface area (Å²) in [7, 11) is 0. The van der Waals surface area contributed by atoms with E-state index in [4.69, 9.17) is 5.73 Å². The minimum atomic E-state index is 0.728. The first-order valence-corrected chi connectivity index (χ1v) is 8.49. The molecule has 0 aromatic heterocycles. The van der Waals surface area contributed by atoms with Crippen LogP contribution < -0.4 is 5.73 Å². The van der Waals surface area contributed by atoms with Gasteiger partial charge in [0.2, 0.25) is 0 Å². The molecule has 4 unspecified atom stereocenters. The van der Waals surface area contributed by atoms with Crippen molar-refractivity contribution < 1.29 is 0 Å². The molecule has 3 rings (SSSR count). The summed E-state index contributed by atoms with van der Waals surface area (Å²) in [6, 6.07) is 2.34. The Hall–Kier alpha value is -0.120. The van der Waals surface area contributed by atoms with Crippen molar-refractivity contribution in [3.05, 3.63) is 0 Å². The van der Waals surface area contributed by atoms with Crippen molar-refractivity contribution in [1.82, 2.24) is 9.80 Å². The van der Waals surface area contributed by atoms with Crippen LogP contribution in [0, 0.1) is 5.92 Å². The lowest BCUT2D eigenvalue weighted by Gasteiger charge is -2.48. The van der Waals surface area contributed by atoms with Gasteiger partial charge in [-0.15, -0.1) is 0 Å². The quantitative estimate of drug-likeness (QED) is 0.776. The summed E-state index contributed by atoms with van der Waals surface area (Å²) in [5, 5.41) is 0. The first-order chi connectivity index (χ1) is 9.29. The molecule has 3 heteroatoms. The average Bonchev–Trinajstić information content (AvgIpc) is 2.73. The van der Waals surface area contributed by atoms with Crippen LogP contribution >= 0.6 is 0 Å². The van der Waals surface area contributed by atoms with Crippen molar-refractivity contribution in [2.24, 2.45) is 11.7 Å². The van der Waals surface area contributed by atoms with Crippen LogP contribution in [0.5, 0.6) is 0 Å². The molecule has 3 fully saturated rings. The van der Waals surface area contributed by atoms with E-state index in [1.54, 1.807) is 0 Å². The van der Waals surface area contributed by atoms with Gasteiger partial charge in [0.1, 0.15) is 0 Å². The Morgan fingerprint density at radius 2 is 1.84 bits per heavy atom. The molecule has 1 saturated carbocycles.